The number of hydrogen-bond donors (Lipinski definition) is 0. The highest BCUT2D eigenvalue weighted by Crippen LogP contribution is 2.35. The molecule has 132 valence electrons. The van der Waals surface area contributed by atoms with Crippen molar-refractivity contribution in [2.75, 3.05) is 0 Å². The fourth-order valence-corrected chi connectivity index (χ4v) is 3.27. The van der Waals surface area contributed by atoms with Gasteiger partial charge in [-0.05, 0) is 31.2 Å². The van der Waals surface area contributed by atoms with E-state index in [1.807, 2.05) is 62.6 Å². The van der Waals surface area contributed by atoms with Crippen LogP contribution < -0.4 is 0 Å². The molecule has 3 aromatic heterocycles. The van der Waals surface area contributed by atoms with Gasteiger partial charge in [0.1, 0.15) is 17.0 Å². The fraction of sp³-hybridized carbons (Fsp3) is 0.0952. The molecule has 3 heterocycles. The Kier molecular flexibility index (Phi) is 3.43. The predicted octanol–water partition coefficient (Wildman–Crippen LogP) is 4.86. The van der Waals surface area contributed by atoms with Gasteiger partial charge < -0.3 is 13.5 Å². The van der Waals surface area contributed by atoms with Gasteiger partial charge in [-0.1, -0.05) is 35.5 Å². The molecule has 0 bridgehead atoms. The van der Waals surface area contributed by atoms with Crippen LogP contribution in [-0.2, 0) is 7.05 Å². The monoisotopic (exact) mass is 356 g/mol. The lowest BCUT2D eigenvalue weighted by Crippen LogP contribution is -1.84. The average Bonchev–Trinajstić information content (AvgIpc) is 3.41. The lowest BCUT2D eigenvalue weighted by atomic mass is 10.1. The summed E-state index contributed by atoms with van der Waals surface area (Å²) in [5, 5.41) is 13.8. The number of aryl methyl sites for hydroxylation is 2. The van der Waals surface area contributed by atoms with Gasteiger partial charge in [-0.2, -0.15) is 0 Å². The fourth-order valence-electron chi connectivity index (χ4n) is 3.27. The lowest BCUT2D eigenvalue weighted by molar-refractivity contribution is 0.399. The third kappa shape index (κ3) is 2.54. The molecule has 0 aliphatic rings. The summed E-state index contributed by atoms with van der Waals surface area (Å²) in [6.07, 6.45) is 2.03. The van der Waals surface area contributed by atoms with Gasteiger partial charge in [0.15, 0.2) is 0 Å². The zero-order chi connectivity index (χ0) is 18.4. The van der Waals surface area contributed by atoms with Gasteiger partial charge in [-0.25, -0.2) is 0 Å². The van der Waals surface area contributed by atoms with Gasteiger partial charge in [-0.15, -0.1) is 10.2 Å². The Morgan fingerprint density at radius 3 is 2.56 bits per heavy atom. The molecule has 0 saturated carbocycles. The molecule has 0 spiro atoms. The number of fused-ring (bicyclic) bond motifs is 1. The number of hydrogen-bond acceptors (Lipinski definition) is 5. The Morgan fingerprint density at radius 2 is 1.70 bits per heavy atom. The van der Waals surface area contributed by atoms with Crippen LogP contribution in [0.5, 0.6) is 0 Å². The molecule has 0 radical (unpaired) electrons. The minimum atomic E-state index is 0.399. The Labute approximate surface area is 155 Å². The zero-order valence-corrected chi connectivity index (χ0v) is 14.9. The minimum Gasteiger partial charge on any atom is -0.416 e. The van der Waals surface area contributed by atoms with Crippen molar-refractivity contribution in [3.8, 4) is 34.2 Å². The maximum atomic E-state index is 5.98. The van der Waals surface area contributed by atoms with E-state index in [0.29, 0.717) is 23.2 Å². The van der Waals surface area contributed by atoms with Crippen molar-refractivity contribution in [3.05, 3.63) is 66.6 Å². The molecule has 27 heavy (non-hydrogen) atoms. The second-order valence-electron chi connectivity index (χ2n) is 6.44. The average molecular weight is 356 g/mol. The molecule has 0 saturated heterocycles. The molecule has 6 nitrogen and oxygen atoms in total. The van der Waals surface area contributed by atoms with Crippen molar-refractivity contribution < 1.29 is 8.94 Å². The maximum absolute atomic E-state index is 5.98. The summed E-state index contributed by atoms with van der Waals surface area (Å²) in [4.78, 5) is 0. The van der Waals surface area contributed by atoms with Crippen LogP contribution in [0.25, 0.3) is 45.1 Å². The van der Waals surface area contributed by atoms with E-state index < -0.39 is 0 Å². The summed E-state index contributed by atoms with van der Waals surface area (Å²) in [6.45, 7) is 1.84. The summed E-state index contributed by atoms with van der Waals surface area (Å²) in [6, 6.07) is 18.0. The second-order valence-corrected chi connectivity index (χ2v) is 6.44. The van der Waals surface area contributed by atoms with Crippen molar-refractivity contribution in [2.45, 2.75) is 6.92 Å². The molecule has 0 N–H and O–H groups in total. The topological polar surface area (TPSA) is 69.9 Å². The molecule has 6 heteroatoms. The molecular formula is C21H16N4O2. The number of nitrogens with zero attached hydrogens (tertiary/aromatic N) is 4. The molecule has 0 unspecified atom stereocenters. The van der Waals surface area contributed by atoms with Gasteiger partial charge in [0.2, 0.25) is 5.89 Å². The number of aromatic nitrogens is 4. The zero-order valence-electron chi connectivity index (χ0n) is 14.9. The van der Waals surface area contributed by atoms with E-state index >= 15 is 0 Å². The first-order valence-electron chi connectivity index (χ1n) is 8.62. The largest absolute Gasteiger partial charge is 0.416 e. The number of benzene rings is 2. The first-order valence-corrected chi connectivity index (χ1v) is 8.62. The Bertz CT molecular complexity index is 1250. The smallest absolute Gasteiger partial charge is 0.254 e. The van der Waals surface area contributed by atoms with Crippen LogP contribution in [0.2, 0.25) is 0 Å². The van der Waals surface area contributed by atoms with Crippen LogP contribution in [-0.4, -0.2) is 19.9 Å². The van der Waals surface area contributed by atoms with E-state index in [4.69, 9.17) is 8.94 Å². The third-order valence-corrected chi connectivity index (χ3v) is 4.68. The van der Waals surface area contributed by atoms with Crippen molar-refractivity contribution in [1.82, 2.24) is 19.9 Å². The van der Waals surface area contributed by atoms with Gasteiger partial charge in [-0.3, -0.25) is 0 Å². The van der Waals surface area contributed by atoms with Crippen molar-refractivity contribution >= 4 is 10.9 Å². The lowest BCUT2D eigenvalue weighted by Gasteiger charge is -1.99. The van der Waals surface area contributed by atoms with Crippen LogP contribution in [0.4, 0.5) is 0 Å². The molecule has 0 aliphatic carbocycles. The number of rotatable bonds is 3. The summed E-state index contributed by atoms with van der Waals surface area (Å²) in [5.41, 5.74) is 4.39. The molecule has 2 aromatic carbocycles. The minimum absolute atomic E-state index is 0.399. The quantitative estimate of drug-likeness (QED) is 0.462. The Morgan fingerprint density at radius 1 is 0.889 bits per heavy atom. The van der Waals surface area contributed by atoms with Crippen molar-refractivity contribution in [3.63, 3.8) is 0 Å². The van der Waals surface area contributed by atoms with Crippen molar-refractivity contribution in [1.29, 1.82) is 0 Å². The first-order chi connectivity index (χ1) is 13.2. The van der Waals surface area contributed by atoms with E-state index in [1.165, 1.54) is 0 Å². The summed E-state index contributed by atoms with van der Waals surface area (Å²) >= 11 is 0. The van der Waals surface area contributed by atoms with Gasteiger partial charge >= 0.3 is 0 Å². The highest BCUT2D eigenvalue weighted by molar-refractivity contribution is 5.84. The van der Waals surface area contributed by atoms with E-state index in [1.54, 1.807) is 0 Å². The van der Waals surface area contributed by atoms with Crippen LogP contribution in [0.1, 0.15) is 5.76 Å². The SMILES string of the molecule is Cc1onc(-c2ccccc2)c1-c1nnc(-c2ccc3c(ccn3C)c2)o1. The standard InChI is InChI=1S/C21H16N4O2/c1-13-18(19(24-27-13)14-6-4-3-5-7-14)21-23-22-20(26-21)16-8-9-17-15(12-16)10-11-25(17)2/h3-12H,1-2H3. The summed E-state index contributed by atoms with van der Waals surface area (Å²) in [5.74, 6) is 1.51. The molecule has 0 amide bonds. The summed E-state index contributed by atoms with van der Waals surface area (Å²) < 4.78 is 13.5. The van der Waals surface area contributed by atoms with Gasteiger partial charge in [0, 0.05) is 35.3 Å². The van der Waals surface area contributed by atoms with Crippen LogP contribution >= 0.6 is 0 Å². The van der Waals surface area contributed by atoms with Gasteiger partial charge in [0.25, 0.3) is 5.89 Å². The Hall–Kier alpha value is -3.67. The third-order valence-electron chi connectivity index (χ3n) is 4.68. The maximum Gasteiger partial charge on any atom is 0.254 e. The predicted molar refractivity (Wildman–Crippen MR) is 102 cm³/mol. The van der Waals surface area contributed by atoms with Crippen LogP contribution in [0.15, 0.2) is 69.7 Å². The highest BCUT2D eigenvalue weighted by atomic mass is 16.5. The molecule has 0 aliphatic heterocycles. The van der Waals surface area contributed by atoms with Crippen LogP contribution in [0, 0.1) is 6.92 Å². The second kappa shape index (κ2) is 5.95. The molecule has 0 fully saturated rings. The normalized spacial score (nSPS) is 11.3. The van der Waals surface area contributed by atoms with E-state index in [0.717, 1.165) is 27.6 Å². The van der Waals surface area contributed by atoms with Crippen LogP contribution in [0.3, 0.4) is 0 Å². The molecule has 0 atom stereocenters. The summed E-state index contributed by atoms with van der Waals surface area (Å²) in [7, 11) is 2.02. The van der Waals surface area contributed by atoms with Gasteiger partial charge in [0.05, 0.1) is 0 Å². The van der Waals surface area contributed by atoms with E-state index in [-0.39, 0.29) is 0 Å². The highest BCUT2D eigenvalue weighted by Gasteiger charge is 2.22. The molecule has 5 aromatic rings. The Balaban J connectivity index is 1.59. The first kappa shape index (κ1) is 15.6. The van der Waals surface area contributed by atoms with E-state index in [2.05, 4.69) is 32.1 Å². The van der Waals surface area contributed by atoms with E-state index in [9.17, 15) is 0 Å². The molecule has 5 rings (SSSR count). The molecular weight excluding hydrogens is 340 g/mol. The van der Waals surface area contributed by atoms with Crippen molar-refractivity contribution in [2.24, 2.45) is 7.05 Å².